The second-order valence-electron chi connectivity index (χ2n) is 7.69. The zero-order valence-corrected chi connectivity index (χ0v) is 17.6. The molecule has 0 atom stereocenters. The molecule has 30 heavy (non-hydrogen) atoms. The van der Waals surface area contributed by atoms with Crippen molar-refractivity contribution in [3.63, 3.8) is 0 Å². The number of hydrogen-bond acceptors (Lipinski definition) is 4. The van der Waals surface area contributed by atoms with Gasteiger partial charge in [0.05, 0.1) is 36.4 Å². The van der Waals surface area contributed by atoms with Crippen molar-refractivity contribution in [2.45, 2.75) is 45.6 Å². The van der Waals surface area contributed by atoms with Gasteiger partial charge in [-0.1, -0.05) is 18.2 Å². The molecular weight excluding hydrogens is 378 g/mol. The smallest absolute Gasteiger partial charge is 0.259 e. The fourth-order valence-corrected chi connectivity index (χ4v) is 3.91. The summed E-state index contributed by atoms with van der Waals surface area (Å²) in [7, 11) is 1.62. The van der Waals surface area contributed by atoms with Crippen molar-refractivity contribution in [1.82, 2.24) is 9.78 Å². The first-order valence-electron chi connectivity index (χ1n) is 10.3. The third-order valence-corrected chi connectivity index (χ3v) is 5.62. The second-order valence-corrected chi connectivity index (χ2v) is 7.69. The molecule has 1 N–H and O–H groups in total. The van der Waals surface area contributed by atoms with Gasteiger partial charge in [-0.3, -0.25) is 4.79 Å². The van der Waals surface area contributed by atoms with Gasteiger partial charge in [0, 0.05) is 11.8 Å². The fraction of sp³-hybridized carbons (Fsp3) is 0.333. The molecule has 2 aromatic carbocycles. The summed E-state index contributed by atoms with van der Waals surface area (Å²) in [6, 6.07) is 13.4. The molecular formula is C24H27N3O3. The van der Waals surface area contributed by atoms with Crippen LogP contribution in [0.5, 0.6) is 11.5 Å². The first kappa shape index (κ1) is 20.0. The Kier molecular flexibility index (Phi) is 5.74. The van der Waals surface area contributed by atoms with Gasteiger partial charge in [0.25, 0.3) is 5.91 Å². The van der Waals surface area contributed by atoms with Crippen LogP contribution in [0.25, 0.3) is 5.69 Å². The highest BCUT2D eigenvalue weighted by Gasteiger charge is 2.20. The van der Waals surface area contributed by atoms with Crippen LogP contribution in [-0.4, -0.2) is 28.9 Å². The number of amides is 1. The van der Waals surface area contributed by atoms with Crippen LogP contribution in [0.4, 0.5) is 5.69 Å². The number of anilines is 1. The van der Waals surface area contributed by atoms with Crippen molar-refractivity contribution < 1.29 is 14.3 Å². The predicted octanol–water partition coefficient (Wildman–Crippen LogP) is 5.07. The zero-order valence-electron chi connectivity index (χ0n) is 17.6. The van der Waals surface area contributed by atoms with Crippen LogP contribution in [0.3, 0.4) is 0 Å². The van der Waals surface area contributed by atoms with Gasteiger partial charge >= 0.3 is 0 Å². The maximum absolute atomic E-state index is 12.9. The highest BCUT2D eigenvalue weighted by molar-refractivity contribution is 6.05. The molecule has 0 bridgehead atoms. The number of benzene rings is 2. The molecule has 1 aromatic heterocycles. The van der Waals surface area contributed by atoms with Crippen LogP contribution in [0.1, 0.15) is 47.3 Å². The largest absolute Gasteiger partial charge is 0.493 e. The fourth-order valence-electron chi connectivity index (χ4n) is 3.91. The Labute approximate surface area is 176 Å². The third kappa shape index (κ3) is 4.03. The van der Waals surface area contributed by atoms with Crippen LogP contribution in [0.2, 0.25) is 0 Å². The molecule has 156 valence electrons. The lowest BCUT2D eigenvalue weighted by Crippen LogP contribution is -2.14. The Morgan fingerprint density at radius 1 is 1.10 bits per heavy atom. The number of ether oxygens (including phenoxy) is 2. The molecule has 1 amide bonds. The van der Waals surface area contributed by atoms with Crippen LogP contribution in [-0.2, 0) is 0 Å². The summed E-state index contributed by atoms with van der Waals surface area (Å²) in [4.78, 5) is 12.9. The first-order chi connectivity index (χ1) is 14.6. The standard InChI is InChI=1S/C24H27N3O3/c1-16-8-4-7-11-21(16)27-17(2)20(15-25-27)24(28)26-18-12-13-22(29-3)23(14-18)30-19-9-5-6-10-19/h4,7-8,11-15,19H,5-6,9-10H2,1-3H3,(H,26,28). The Morgan fingerprint density at radius 3 is 2.60 bits per heavy atom. The molecule has 1 fully saturated rings. The van der Waals surface area contributed by atoms with Gasteiger partial charge in [0.1, 0.15) is 0 Å². The summed E-state index contributed by atoms with van der Waals surface area (Å²) in [5.41, 5.74) is 4.05. The van der Waals surface area contributed by atoms with E-state index in [0.717, 1.165) is 29.8 Å². The van der Waals surface area contributed by atoms with E-state index >= 15 is 0 Å². The van der Waals surface area contributed by atoms with Crippen molar-refractivity contribution in [1.29, 1.82) is 0 Å². The molecule has 0 saturated heterocycles. The van der Waals surface area contributed by atoms with Crippen molar-refractivity contribution >= 4 is 11.6 Å². The molecule has 0 spiro atoms. The average molecular weight is 405 g/mol. The number of nitrogens with one attached hydrogen (secondary N) is 1. The van der Waals surface area contributed by atoms with Crippen LogP contribution in [0, 0.1) is 13.8 Å². The molecule has 1 aliphatic carbocycles. The number of para-hydroxylation sites is 1. The molecule has 3 aromatic rings. The lowest BCUT2D eigenvalue weighted by Gasteiger charge is -2.17. The van der Waals surface area contributed by atoms with Gasteiger partial charge in [0.15, 0.2) is 11.5 Å². The van der Waals surface area contributed by atoms with Gasteiger partial charge in [-0.15, -0.1) is 0 Å². The van der Waals surface area contributed by atoms with E-state index in [-0.39, 0.29) is 12.0 Å². The number of rotatable bonds is 6. The number of aryl methyl sites for hydroxylation is 1. The quantitative estimate of drug-likeness (QED) is 0.622. The monoisotopic (exact) mass is 405 g/mol. The number of hydrogen-bond donors (Lipinski definition) is 1. The minimum absolute atomic E-state index is 0.204. The van der Waals surface area contributed by atoms with Gasteiger partial charge in [0.2, 0.25) is 0 Å². The first-order valence-corrected chi connectivity index (χ1v) is 10.3. The lowest BCUT2D eigenvalue weighted by molar-refractivity contribution is 0.102. The maximum Gasteiger partial charge on any atom is 0.259 e. The minimum atomic E-state index is -0.204. The topological polar surface area (TPSA) is 65.4 Å². The summed E-state index contributed by atoms with van der Waals surface area (Å²) in [5, 5.41) is 7.40. The Balaban J connectivity index is 1.55. The normalized spacial score (nSPS) is 14.0. The lowest BCUT2D eigenvalue weighted by atomic mass is 10.2. The van der Waals surface area contributed by atoms with E-state index in [4.69, 9.17) is 9.47 Å². The van der Waals surface area contributed by atoms with Gasteiger partial charge in [-0.2, -0.15) is 5.10 Å². The molecule has 4 rings (SSSR count). The van der Waals surface area contributed by atoms with Crippen molar-refractivity contribution in [2.75, 3.05) is 12.4 Å². The van der Waals surface area contributed by atoms with E-state index in [1.165, 1.54) is 12.8 Å². The van der Waals surface area contributed by atoms with Crippen LogP contribution in [0.15, 0.2) is 48.7 Å². The van der Waals surface area contributed by atoms with Crippen molar-refractivity contribution in [3.05, 3.63) is 65.5 Å². The second kappa shape index (κ2) is 8.61. The highest BCUT2D eigenvalue weighted by Crippen LogP contribution is 2.34. The van der Waals surface area contributed by atoms with Gasteiger partial charge < -0.3 is 14.8 Å². The number of aromatic nitrogens is 2. The molecule has 0 aliphatic heterocycles. The number of carbonyl (C=O) groups excluding carboxylic acids is 1. The predicted molar refractivity (Wildman–Crippen MR) is 117 cm³/mol. The molecule has 0 unspecified atom stereocenters. The number of nitrogens with zero attached hydrogens (tertiary/aromatic N) is 2. The van der Waals surface area contributed by atoms with E-state index < -0.39 is 0 Å². The SMILES string of the molecule is COc1ccc(NC(=O)c2cnn(-c3ccccc3C)c2C)cc1OC1CCCC1. The molecule has 6 heteroatoms. The Bertz CT molecular complexity index is 1050. The summed E-state index contributed by atoms with van der Waals surface area (Å²) < 4.78 is 13.4. The van der Waals surface area contributed by atoms with Gasteiger partial charge in [-0.05, 0) is 63.3 Å². The van der Waals surface area contributed by atoms with E-state index in [1.807, 2.05) is 56.3 Å². The zero-order chi connectivity index (χ0) is 21.1. The molecule has 0 radical (unpaired) electrons. The summed E-state index contributed by atoms with van der Waals surface area (Å²) in [6.07, 6.45) is 6.30. The highest BCUT2D eigenvalue weighted by atomic mass is 16.5. The summed E-state index contributed by atoms with van der Waals surface area (Å²) >= 11 is 0. The molecule has 6 nitrogen and oxygen atoms in total. The van der Waals surface area contributed by atoms with Crippen LogP contribution < -0.4 is 14.8 Å². The summed E-state index contributed by atoms with van der Waals surface area (Å²) in [5.74, 6) is 1.13. The Morgan fingerprint density at radius 2 is 1.87 bits per heavy atom. The number of carbonyl (C=O) groups is 1. The van der Waals surface area contributed by atoms with E-state index in [9.17, 15) is 4.79 Å². The van der Waals surface area contributed by atoms with E-state index in [1.54, 1.807) is 18.0 Å². The minimum Gasteiger partial charge on any atom is -0.493 e. The van der Waals surface area contributed by atoms with Crippen LogP contribution >= 0.6 is 0 Å². The molecule has 1 heterocycles. The number of methoxy groups -OCH3 is 1. The van der Waals surface area contributed by atoms with Crippen molar-refractivity contribution in [3.8, 4) is 17.2 Å². The van der Waals surface area contributed by atoms with Crippen molar-refractivity contribution in [2.24, 2.45) is 0 Å². The molecule has 1 saturated carbocycles. The van der Waals surface area contributed by atoms with Gasteiger partial charge in [-0.25, -0.2) is 4.68 Å². The average Bonchev–Trinajstić information content (AvgIpc) is 3.38. The summed E-state index contributed by atoms with van der Waals surface area (Å²) in [6.45, 7) is 3.93. The van der Waals surface area contributed by atoms with E-state index in [0.29, 0.717) is 22.7 Å². The third-order valence-electron chi connectivity index (χ3n) is 5.62. The van der Waals surface area contributed by atoms with E-state index in [2.05, 4.69) is 10.4 Å². The Hall–Kier alpha value is -3.28. The maximum atomic E-state index is 12.9. The molecule has 1 aliphatic rings.